The van der Waals surface area contributed by atoms with Crippen molar-refractivity contribution < 1.29 is 9.94 Å². The number of pyridine rings is 1. The summed E-state index contributed by atoms with van der Waals surface area (Å²) in [5.74, 6) is 0.692. The van der Waals surface area contributed by atoms with E-state index in [9.17, 15) is 0 Å². The van der Waals surface area contributed by atoms with Gasteiger partial charge in [0.15, 0.2) is 0 Å². The zero-order valence-electron chi connectivity index (χ0n) is 9.88. The molecule has 0 saturated carbocycles. The molecule has 1 N–H and O–H groups in total. The Labute approximate surface area is 101 Å². The largest absolute Gasteiger partial charge is 0.411 e. The van der Waals surface area contributed by atoms with Crippen LogP contribution in [0.5, 0.6) is 0 Å². The summed E-state index contributed by atoms with van der Waals surface area (Å²) < 4.78 is 5.33. The van der Waals surface area contributed by atoms with Crippen LogP contribution in [0, 0.1) is 5.92 Å². The molecule has 4 nitrogen and oxygen atoms in total. The highest BCUT2D eigenvalue weighted by Crippen LogP contribution is 2.21. The molecule has 1 aliphatic heterocycles. The van der Waals surface area contributed by atoms with Gasteiger partial charge in [-0.25, -0.2) is 0 Å². The van der Waals surface area contributed by atoms with Crippen molar-refractivity contribution in [2.24, 2.45) is 11.1 Å². The molecule has 0 unspecified atom stereocenters. The average Bonchev–Trinajstić information content (AvgIpc) is 2.42. The van der Waals surface area contributed by atoms with Gasteiger partial charge in [0.2, 0.25) is 0 Å². The summed E-state index contributed by atoms with van der Waals surface area (Å²) in [6, 6.07) is 3.78. The van der Waals surface area contributed by atoms with E-state index < -0.39 is 0 Å². The topological polar surface area (TPSA) is 54.7 Å². The second kappa shape index (κ2) is 6.35. The van der Waals surface area contributed by atoms with Crippen molar-refractivity contribution in [3.05, 3.63) is 30.1 Å². The van der Waals surface area contributed by atoms with Crippen molar-refractivity contribution >= 4 is 5.71 Å². The molecule has 92 valence electrons. The van der Waals surface area contributed by atoms with Gasteiger partial charge in [-0.15, -0.1) is 0 Å². The molecular weight excluding hydrogens is 216 g/mol. The van der Waals surface area contributed by atoms with Crippen LogP contribution in [0.4, 0.5) is 0 Å². The van der Waals surface area contributed by atoms with Crippen molar-refractivity contribution in [3.63, 3.8) is 0 Å². The van der Waals surface area contributed by atoms with Crippen molar-refractivity contribution in [1.82, 2.24) is 4.98 Å². The van der Waals surface area contributed by atoms with E-state index in [1.165, 1.54) is 0 Å². The van der Waals surface area contributed by atoms with Gasteiger partial charge < -0.3 is 9.94 Å². The molecule has 2 rings (SSSR count). The lowest BCUT2D eigenvalue weighted by molar-refractivity contribution is 0.0645. The Hall–Kier alpha value is -1.42. The fourth-order valence-corrected chi connectivity index (χ4v) is 2.16. The number of nitrogens with zero attached hydrogens (tertiary/aromatic N) is 2. The second-order valence-corrected chi connectivity index (χ2v) is 4.38. The molecule has 0 aromatic carbocycles. The van der Waals surface area contributed by atoms with Crippen molar-refractivity contribution in [2.75, 3.05) is 13.2 Å². The predicted octanol–water partition coefficient (Wildman–Crippen LogP) is 2.47. The van der Waals surface area contributed by atoms with Gasteiger partial charge in [-0.3, -0.25) is 4.98 Å². The monoisotopic (exact) mass is 234 g/mol. The molecule has 0 spiro atoms. The van der Waals surface area contributed by atoms with Gasteiger partial charge in [0.1, 0.15) is 0 Å². The highest BCUT2D eigenvalue weighted by Gasteiger charge is 2.15. The third kappa shape index (κ3) is 3.53. The van der Waals surface area contributed by atoms with Gasteiger partial charge >= 0.3 is 0 Å². The molecule has 1 aromatic heterocycles. The molecule has 4 heteroatoms. The number of oxime groups is 1. The highest BCUT2D eigenvalue weighted by atomic mass is 16.5. The minimum Gasteiger partial charge on any atom is -0.411 e. The predicted molar refractivity (Wildman–Crippen MR) is 65.3 cm³/mol. The van der Waals surface area contributed by atoms with Crippen LogP contribution < -0.4 is 0 Å². The summed E-state index contributed by atoms with van der Waals surface area (Å²) in [6.07, 6.45) is 7.54. The summed E-state index contributed by atoms with van der Waals surface area (Å²) >= 11 is 0. The van der Waals surface area contributed by atoms with Gasteiger partial charge in [-0.05, 0) is 43.7 Å². The second-order valence-electron chi connectivity index (χ2n) is 4.38. The summed E-state index contributed by atoms with van der Waals surface area (Å²) in [5.41, 5.74) is 1.63. The molecule has 0 radical (unpaired) electrons. The minimum absolute atomic E-state index is 0.692. The van der Waals surface area contributed by atoms with E-state index in [0.29, 0.717) is 5.92 Å². The summed E-state index contributed by atoms with van der Waals surface area (Å²) in [5, 5.41) is 12.4. The smallest absolute Gasteiger partial charge is 0.0883 e. The molecule has 1 fully saturated rings. The van der Waals surface area contributed by atoms with Crippen LogP contribution >= 0.6 is 0 Å². The number of hydrogen-bond acceptors (Lipinski definition) is 4. The average molecular weight is 234 g/mol. The molecule has 0 bridgehead atoms. The summed E-state index contributed by atoms with van der Waals surface area (Å²) in [7, 11) is 0. The standard InChI is InChI=1S/C13H18N2O2/c16-15-13(12-2-1-7-14-10-12)4-3-11-5-8-17-9-6-11/h1-2,7,10-11,16H,3-6,8-9H2. The molecule has 0 atom stereocenters. The molecule has 2 heterocycles. The maximum absolute atomic E-state index is 9.04. The highest BCUT2D eigenvalue weighted by molar-refractivity contribution is 5.99. The maximum Gasteiger partial charge on any atom is 0.0883 e. The first kappa shape index (κ1) is 12.0. The zero-order valence-corrected chi connectivity index (χ0v) is 9.88. The van der Waals surface area contributed by atoms with Crippen LogP contribution in [0.15, 0.2) is 29.7 Å². The van der Waals surface area contributed by atoms with Gasteiger partial charge in [0.05, 0.1) is 5.71 Å². The molecular formula is C13H18N2O2. The Balaban J connectivity index is 1.88. The fraction of sp³-hybridized carbons (Fsp3) is 0.538. The molecule has 1 aromatic rings. The molecule has 1 aliphatic rings. The fourth-order valence-electron chi connectivity index (χ4n) is 2.16. The van der Waals surface area contributed by atoms with Crippen LogP contribution in [0.25, 0.3) is 0 Å². The van der Waals surface area contributed by atoms with Gasteiger partial charge in [0.25, 0.3) is 0 Å². The van der Waals surface area contributed by atoms with Crippen LogP contribution in [0.2, 0.25) is 0 Å². The molecule has 1 saturated heterocycles. The first-order valence-corrected chi connectivity index (χ1v) is 6.09. The molecule has 0 aliphatic carbocycles. The third-order valence-corrected chi connectivity index (χ3v) is 3.25. The Morgan fingerprint density at radius 3 is 2.94 bits per heavy atom. The van der Waals surface area contributed by atoms with E-state index in [-0.39, 0.29) is 0 Å². The Bertz CT molecular complexity index is 359. The minimum atomic E-state index is 0.692. The SMILES string of the molecule is ON=C(CCC1CCOCC1)c1cccnc1. The van der Waals surface area contributed by atoms with Crippen molar-refractivity contribution in [1.29, 1.82) is 0 Å². The first-order chi connectivity index (χ1) is 8.40. The lowest BCUT2D eigenvalue weighted by Crippen LogP contribution is -2.16. The van der Waals surface area contributed by atoms with E-state index in [2.05, 4.69) is 10.1 Å². The molecule has 0 amide bonds. The number of rotatable bonds is 4. The van der Waals surface area contributed by atoms with Crippen molar-refractivity contribution in [3.8, 4) is 0 Å². The van der Waals surface area contributed by atoms with Crippen LogP contribution in [-0.4, -0.2) is 29.1 Å². The van der Waals surface area contributed by atoms with E-state index in [1.807, 2.05) is 12.1 Å². The third-order valence-electron chi connectivity index (χ3n) is 3.25. The van der Waals surface area contributed by atoms with Gasteiger partial charge in [-0.2, -0.15) is 0 Å². The van der Waals surface area contributed by atoms with Crippen LogP contribution in [-0.2, 0) is 4.74 Å². The van der Waals surface area contributed by atoms with E-state index in [4.69, 9.17) is 9.94 Å². The maximum atomic E-state index is 9.04. The first-order valence-electron chi connectivity index (χ1n) is 6.09. The Kier molecular flexibility index (Phi) is 4.50. The van der Waals surface area contributed by atoms with E-state index in [1.54, 1.807) is 12.4 Å². The number of hydrogen-bond donors (Lipinski definition) is 1. The Morgan fingerprint density at radius 1 is 1.47 bits per heavy atom. The number of ether oxygens (including phenoxy) is 1. The zero-order chi connectivity index (χ0) is 11.9. The van der Waals surface area contributed by atoms with Gasteiger partial charge in [-0.1, -0.05) is 5.16 Å². The van der Waals surface area contributed by atoms with Gasteiger partial charge in [0, 0.05) is 31.2 Å². The number of aromatic nitrogens is 1. The quantitative estimate of drug-likeness (QED) is 0.494. The summed E-state index contributed by atoms with van der Waals surface area (Å²) in [4.78, 5) is 4.04. The normalized spacial score (nSPS) is 18.2. The van der Waals surface area contributed by atoms with Crippen LogP contribution in [0.3, 0.4) is 0 Å². The van der Waals surface area contributed by atoms with E-state index >= 15 is 0 Å². The van der Waals surface area contributed by atoms with Crippen LogP contribution in [0.1, 0.15) is 31.2 Å². The Morgan fingerprint density at radius 2 is 2.29 bits per heavy atom. The lowest BCUT2D eigenvalue weighted by Gasteiger charge is -2.21. The molecule has 17 heavy (non-hydrogen) atoms. The van der Waals surface area contributed by atoms with E-state index in [0.717, 1.165) is 50.2 Å². The lowest BCUT2D eigenvalue weighted by atomic mass is 9.92. The van der Waals surface area contributed by atoms with Crippen molar-refractivity contribution in [2.45, 2.75) is 25.7 Å². The summed E-state index contributed by atoms with van der Waals surface area (Å²) in [6.45, 7) is 1.73.